The van der Waals surface area contributed by atoms with Gasteiger partial charge in [0.2, 0.25) is 5.88 Å². The van der Waals surface area contributed by atoms with Gasteiger partial charge in [-0.25, -0.2) is 4.98 Å². The van der Waals surface area contributed by atoms with Gasteiger partial charge in [-0.15, -0.1) is 0 Å². The highest BCUT2D eigenvalue weighted by atomic mass is 35.5. The molecule has 0 radical (unpaired) electrons. The Morgan fingerprint density at radius 1 is 1.29 bits per heavy atom. The van der Waals surface area contributed by atoms with E-state index in [9.17, 15) is 0 Å². The van der Waals surface area contributed by atoms with Crippen molar-refractivity contribution in [2.45, 2.75) is 13.3 Å². The highest BCUT2D eigenvalue weighted by Crippen LogP contribution is 2.25. The summed E-state index contributed by atoms with van der Waals surface area (Å²) in [6.07, 6.45) is 2.43. The van der Waals surface area contributed by atoms with E-state index in [0.29, 0.717) is 11.6 Å². The van der Waals surface area contributed by atoms with E-state index in [2.05, 4.69) is 4.98 Å². The zero-order chi connectivity index (χ0) is 12.3. The number of nitrogens with zero attached hydrogens (tertiary/aromatic N) is 1. The van der Waals surface area contributed by atoms with Crippen LogP contribution in [0.25, 0.3) is 0 Å². The zero-order valence-corrected chi connectivity index (χ0v) is 10.2. The van der Waals surface area contributed by atoms with Gasteiger partial charge in [0.05, 0.1) is 11.9 Å². The van der Waals surface area contributed by atoms with Gasteiger partial charge in [-0.1, -0.05) is 18.5 Å². The normalized spacial score (nSPS) is 10.2. The van der Waals surface area contributed by atoms with E-state index < -0.39 is 0 Å². The molecule has 3 nitrogen and oxygen atoms in total. The van der Waals surface area contributed by atoms with Gasteiger partial charge in [-0.05, 0) is 36.2 Å². The highest BCUT2D eigenvalue weighted by molar-refractivity contribution is 6.31. The van der Waals surface area contributed by atoms with E-state index in [4.69, 9.17) is 22.1 Å². The molecule has 0 bridgehead atoms. The number of aryl methyl sites for hydroxylation is 1. The van der Waals surface area contributed by atoms with E-state index in [-0.39, 0.29) is 0 Å². The van der Waals surface area contributed by atoms with Crippen LogP contribution in [0, 0.1) is 0 Å². The third-order valence-corrected chi connectivity index (χ3v) is 2.75. The van der Waals surface area contributed by atoms with Crippen LogP contribution >= 0.6 is 11.6 Å². The topological polar surface area (TPSA) is 48.1 Å². The third kappa shape index (κ3) is 2.88. The van der Waals surface area contributed by atoms with Gasteiger partial charge in [0.25, 0.3) is 0 Å². The van der Waals surface area contributed by atoms with E-state index in [1.807, 2.05) is 25.1 Å². The van der Waals surface area contributed by atoms with Gasteiger partial charge in [0.15, 0.2) is 0 Å². The lowest BCUT2D eigenvalue weighted by atomic mass is 10.1. The van der Waals surface area contributed by atoms with E-state index in [0.717, 1.165) is 22.8 Å². The fourth-order valence-electron chi connectivity index (χ4n) is 1.46. The van der Waals surface area contributed by atoms with Crippen molar-refractivity contribution in [2.24, 2.45) is 0 Å². The number of nitrogens with two attached hydrogens (primary N) is 1. The monoisotopic (exact) mass is 248 g/mol. The molecule has 2 aromatic rings. The second-order valence-corrected chi connectivity index (χ2v) is 4.05. The predicted molar refractivity (Wildman–Crippen MR) is 69.6 cm³/mol. The molecular formula is C13H13ClN2O. The number of aromatic nitrogens is 1. The van der Waals surface area contributed by atoms with E-state index >= 15 is 0 Å². The Kier molecular flexibility index (Phi) is 3.49. The first-order valence-electron chi connectivity index (χ1n) is 5.37. The average molecular weight is 249 g/mol. The molecule has 1 aromatic heterocycles. The first-order valence-corrected chi connectivity index (χ1v) is 5.74. The molecular weight excluding hydrogens is 236 g/mol. The highest BCUT2D eigenvalue weighted by Gasteiger charge is 2.03. The summed E-state index contributed by atoms with van der Waals surface area (Å²) in [5, 5.41) is 0.755. The molecule has 0 atom stereocenters. The maximum Gasteiger partial charge on any atom is 0.219 e. The van der Waals surface area contributed by atoms with Crippen LogP contribution in [-0.4, -0.2) is 4.98 Å². The van der Waals surface area contributed by atoms with Crippen LogP contribution < -0.4 is 10.5 Å². The molecule has 0 aliphatic rings. The van der Waals surface area contributed by atoms with Crippen LogP contribution in [0.2, 0.25) is 5.02 Å². The van der Waals surface area contributed by atoms with Crippen molar-refractivity contribution in [1.29, 1.82) is 0 Å². The van der Waals surface area contributed by atoms with Gasteiger partial charge < -0.3 is 10.5 Å². The van der Waals surface area contributed by atoms with Crippen LogP contribution in [0.15, 0.2) is 36.5 Å². The Bertz CT molecular complexity index is 511. The van der Waals surface area contributed by atoms with Gasteiger partial charge in [0.1, 0.15) is 5.75 Å². The summed E-state index contributed by atoms with van der Waals surface area (Å²) in [6, 6.07) is 9.04. The molecule has 0 amide bonds. The zero-order valence-electron chi connectivity index (χ0n) is 9.48. The van der Waals surface area contributed by atoms with Crippen LogP contribution in [-0.2, 0) is 6.42 Å². The molecule has 0 spiro atoms. The fraction of sp³-hybridized carbons (Fsp3) is 0.154. The molecule has 0 saturated carbocycles. The number of hydrogen-bond donors (Lipinski definition) is 1. The van der Waals surface area contributed by atoms with Gasteiger partial charge in [0, 0.05) is 11.1 Å². The molecule has 1 heterocycles. The Morgan fingerprint density at radius 3 is 2.76 bits per heavy atom. The number of halogens is 1. The molecule has 1 aromatic carbocycles. The van der Waals surface area contributed by atoms with Crippen molar-refractivity contribution in [1.82, 2.24) is 4.98 Å². The summed E-state index contributed by atoms with van der Waals surface area (Å²) in [6.45, 7) is 2.05. The second kappa shape index (κ2) is 5.06. The molecule has 88 valence electrons. The quantitative estimate of drug-likeness (QED) is 0.902. The number of pyridine rings is 1. The van der Waals surface area contributed by atoms with Gasteiger partial charge in [-0.3, -0.25) is 0 Å². The van der Waals surface area contributed by atoms with Crippen LogP contribution in [0.3, 0.4) is 0 Å². The lowest BCUT2D eigenvalue weighted by molar-refractivity contribution is 0.462. The third-order valence-electron chi connectivity index (χ3n) is 2.38. The second-order valence-electron chi connectivity index (χ2n) is 3.64. The Labute approximate surface area is 105 Å². The summed E-state index contributed by atoms with van der Waals surface area (Å²) < 4.78 is 5.61. The number of benzene rings is 1. The van der Waals surface area contributed by atoms with Crippen molar-refractivity contribution in [2.75, 3.05) is 5.73 Å². The lowest BCUT2D eigenvalue weighted by Crippen LogP contribution is -1.91. The van der Waals surface area contributed by atoms with Gasteiger partial charge in [-0.2, -0.15) is 0 Å². The Hall–Kier alpha value is -1.74. The minimum atomic E-state index is 0.517. The number of ether oxygens (including phenoxy) is 1. The Morgan fingerprint density at radius 2 is 2.12 bits per heavy atom. The van der Waals surface area contributed by atoms with Gasteiger partial charge >= 0.3 is 0 Å². The maximum atomic E-state index is 6.03. The number of anilines is 1. The summed E-state index contributed by atoms with van der Waals surface area (Å²) in [4.78, 5) is 4.07. The predicted octanol–water partition coefficient (Wildman–Crippen LogP) is 3.67. The summed E-state index contributed by atoms with van der Waals surface area (Å²) in [5.74, 6) is 1.24. The summed E-state index contributed by atoms with van der Waals surface area (Å²) >= 11 is 6.03. The summed E-state index contributed by atoms with van der Waals surface area (Å²) in [5.41, 5.74) is 7.22. The smallest absolute Gasteiger partial charge is 0.219 e. The number of nitrogen functional groups attached to an aromatic ring is 1. The van der Waals surface area contributed by atoms with Crippen molar-refractivity contribution in [3.8, 4) is 11.6 Å². The summed E-state index contributed by atoms with van der Waals surface area (Å²) in [7, 11) is 0. The van der Waals surface area contributed by atoms with E-state index in [1.165, 1.54) is 0 Å². The van der Waals surface area contributed by atoms with E-state index in [1.54, 1.807) is 18.3 Å². The lowest BCUT2D eigenvalue weighted by Gasteiger charge is -2.07. The van der Waals surface area contributed by atoms with Crippen LogP contribution in [0.5, 0.6) is 11.6 Å². The van der Waals surface area contributed by atoms with Crippen LogP contribution in [0.4, 0.5) is 5.69 Å². The molecule has 0 aliphatic carbocycles. The molecule has 2 N–H and O–H groups in total. The SMILES string of the molecule is CCc1cc(Oc2ccc(N)cn2)ccc1Cl. The van der Waals surface area contributed by atoms with Crippen LogP contribution in [0.1, 0.15) is 12.5 Å². The molecule has 2 rings (SSSR count). The molecule has 0 saturated heterocycles. The first-order chi connectivity index (χ1) is 8.19. The van der Waals surface area contributed by atoms with Crippen molar-refractivity contribution >= 4 is 17.3 Å². The minimum absolute atomic E-state index is 0.517. The average Bonchev–Trinajstić information content (AvgIpc) is 2.34. The number of hydrogen-bond acceptors (Lipinski definition) is 3. The minimum Gasteiger partial charge on any atom is -0.439 e. The largest absolute Gasteiger partial charge is 0.439 e. The number of rotatable bonds is 3. The maximum absolute atomic E-state index is 6.03. The van der Waals surface area contributed by atoms with Crippen molar-refractivity contribution in [3.63, 3.8) is 0 Å². The standard InChI is InChI=1S/C13H13ClN2O/c1-2-9-7-11(4-5-12(9)14)17-13-6-3-10(15)8-16-13/h3-8H,2,15H2,1H3. The molecule has 0 fully saturated rings. The van der Waals surface area contributed by atoms with Crippen molar-refractivity contribution in [3.05, 3.63) is 47.1 Å². The molecule has 4 heteroatoms. The Balaban J connectivity index is 2.21. The molecule has 0 unspecified atom stereocenters. The molecule has 17 heavy (non-hydrogen) atoms. The fourth-order valence-corrected chi connectivity index (χ4v) is 1.71. The molecule has 0 aliphatic heterocycles. The van der Waals surface area contributed by atoms with Crippen molar-refractivity contribution < 1.29 is 4.74 Å². The first kappa shape index (κ1) is 11.7.